The average molecular weight is 323 g/mol. The lowest BCUT2D eigenvalue weighted by Crippen LogP contribution is -2.19. The number of hydrogen-bond acceptors (Lipinski definition) is 5. The van der Waals surface area contributed by atoms with Gasteiger partial charge in [0.25, 0.3) is 0 Å². The summed E-state index contributed by atoms with van der Waals surface area (Å²) in [6.07, 6.45) is 11.0. The molecule has 3 rings (SSSR count). The first kappa shape index (κ1) is 16.6. The topological polar surface area (TPSA) is 90.2 Å². The second kappa shape index (κ2) is 8.02. The highest BCUT2D eigenvalue weighted by Gasteiger charge is 2.19. The van der Waals surface area contributed by atoms with Crippen LogP contribution < -0.4 is 11.5 Å². The molecule has 0 bridgehead atoms. The summed E-state index contributed by atoms with van der Waals surface area (Å²) < 4.78 is 0. The van der Waals surface area contributed by atoms with Crippen LogP contribution >= 0.6 is 0 Å². The maximum Gasteiger partial charge on any atom is 0.0922 e. The Hall–Kier alpha value is -2.27. The van der Waals surface area contributed by atoms with Crippen LogP contribution in [0.5, 0.6) is 0 Å². The molecule has 1 aromatic carbocycles. The lowest BCUT2D eigenvalue weighted by molar-refractivity contribution is 0.315. The van der Waals surface area contributed by atoms with Gasteiger partial charge in [-0.1, -0.05) is 12.1 Å². The van der Waals surface area contributed by atoms with Crippen LogP contribution in [0.4, 0.5) is 0 Å². The Morgan fingerprint density at radius 3 is 2.62 bits per heavy atom. The van der Waals surface area contributed by atoms with Crippen molar-refractivity contribution >= 4 is 22.8 Å². The van der Waals surface area contributed by atoms with Crippen LogP contribution in [0.15, 0.2) is 41.7 Å². The van der Waals surface area contributed by atoms with Crippen LogP contribution in [0.25, 0.3) is 16.6 Å². The number of hydrogen-bond donors (Lipinski definition) is 2. The van der Waals surface area contributed by atoms with Crippen molar-refractivity contribution in [2.45, 2.75) is 38.1 Å². The molecule has 5 nitrogen and oxygen atoms in total. The largest absolute Gasteiger partial charge is 0.404 e. The van der Waals surface area contributed by atoms with Crippen LogP contribution in [-0.4, -0.2) is 28.8 Å². The van der Waals surface area contributed by atoms with Crippen molar-refractivity contribution in [3.63, 3.8) is 0 Å². The zero-order chi connectivity index (χ0) is 16.8. The molecule has 0 spiro atoms. The average Bonchev–Trinajstić information content (AvgIpc) is 2.64. The number of aromatic nitrogens is 2. The van der Waals surface area contributed by atoms with Gasteiger partial charge in [0, 0.05) is 24.0 Å². The van der Waals surface area contributed by atoms with Gasteiger partial charge in [-0.3, -0.25) is 9.98 Å². The monoisotopic (exact) mass is 323 g/mol. The van der Waals surface area contributed by atoms with Gasteiger partial charge < -0.3 is 11.5 Å². The van der Waals surface area contributed by atoms with Crippen LogP contribution in [0.3, 0.4) is 0 Å². The van der Waals surface area contributed by atoms with E-state index >= 15 is 0 Å². The molecule has 1 aliphatic carbocycles. The Balaban J connectivity index is 1.68. The first-order chi connectivity index (χ1) is 11.8. The number of allylic oxidation sites excluding steroid dienone is 1. The van der Waals surface area contributed by atoms with E-state index in [1.165, 1.54) is 12.8 Å². The summed E-state index contributed by atoms with van der Waals surface area (Å²) >= 11 is 0. The van der Waals surface area contributed by atoms with Crippen LogP contribution in [0.2, 0.25) is 0 Å². The first-order valence-electron chi connectivity index (χ1n) is 8.67. The van der Waals surface area contributed by atoms with E-state index in [1.807, 2.05) is 30.5 Å². The van der Waals surface area contributed by atoms with Gasteiger partial charge in [-0.15, -0.1) is 0 Å². The Labute approximate surface area is 142 Å². The zero-order valence-corrected chi connectivity index (χ0v) is 13.9. The van der Waals surface area contributed by atoms with Gasteiger partial charge in [0.2, 0.25) is 0 Å². The third kappa shape index (κ3) is 3.97. The van der Waals surface area contributed by atoms with Crippen molar-refractivity contribution in [1.29, 1.82) is 0 Å². The zero-order valence-electron chi connectivity index (χ0n) is 13.9. The Morgan fingerprint density at radius 1 is 1.17 bits per heavy atom. The molecule has 0 unspecified atom stereocenters. The van der Waals surface area contributed by atoms with Crippen molar-refractivity contribution in [3.05, 3.63) is 42.4 Å². The number of nitrogens with zero attached hydrogens (tertiary/aromatic N) is 3. The maximum absolute atomic E-state index is 5.79. The van der Waals surface area contributed by atoms with Gasteiger partial charge in [0.15, 0.2) is 0 Å². The number of para-hydroxylation sites is 2. The van der Waals surface area contributed by atoms with E-state index in [0.29, 0.717) is 6.04 Å². The molecule has 1 aliphatic rings. The summed E-state index contributed by atoms with van der Waals surface area (Å²) in [5, 5.41) is 0. The predicted molar refractivity (Wildman–Crippen MR) is 99.6 cm³/mol. The van der Waals surface area contributed by atoms with E-state index in [1.54, 1.807) is 12.4 Å². The van der Waals surface area contributed by atoms with Crippen molar-refractivity contribution in [2.24, 2.45) is 22.4 Å². The summed E-state index contributed by atoms with van der Waals surface area (Å²) in [5.74, 6) is 0.775. The third-order valence-electron chi connectivity index (χ3n) is 4.74. The third-order valence-corrected chi connectivity index (χ3v) is 4.74. The molecule has 1 aromatic heterocycles. The predicted octanol–water partition coefficient (Wildman–Crippen LogP) is 2.91. The van der Waals surface area contributed by atoms with E-state index in [0.717, 1.165) is 54.0 Å². The molecule has 4 N–H and O–H groups in total. The summed E-state index contributed by atoms with van der Waals surface area (Å²) in [6, 6.07) is 8.20. The molecule has 126 valence electrons. The van der Waals surface area contributed by atoms with Gasteiger partial charge >= 0.3 is 0 Å². The van der Waals surface area contributed by atoms with Gasteiger partial charge in [0.05, 0.1) is 22.9 Å². The Bertz CT molecular complexity index is 729. The quantitative estimate of drug-likeness (QED) is 0.828. The van der Waals surface area contributed by atoms with Crippen molar-refractivity contribution < 1.29 is 0 Å². The molecular formula is C19H25N5. The minimum atomic E-state index is 0.377. The van der Waals surface area contributed by atoms with Gasteiger partial charge in [-0.25, -0.2) is 4.98 Å². The van der Waals surface area contributed by atoms with E-state index in [9.17, 15) is 0 Å². The molecule has 1 heterocycles. The molecule has 2 aromatic rings. The number of aliphatic imine (C=N–C) groups is 1. The van der Waals surface area contributed by atoms with E-state index in [4.69, 9.17) is 16.5 Å². The van der Waals surface area contributed by atoms with Gasteiger partial charge in [0.1, 0.15) is 0 Å². The normalized spacial score (nSPS) is 22.3. The summed E-state index contributed by atoms with van der Waals surface area (Å²) in [7, 11) is 0. The molecule has 0 saturated heterocycles. The highest BCUT2D eigenvalue weighted by atomic mass is 14.8. The Kier molecular flexibility index (Phi) is 5.54. The smallest absolute Gasteiger partial charge is 0.0922 e. The lowest BCUT2D eigenvalue weighted by atomic mass is 9.84. The summed E-state index contributed by atoms with van der Waals surface area (Å²) in [4.78, 5) is 13.8. The van der Waals surface area contributed by atoms with Gasteiger partial charge in [-0.2, -0.15) is 0 Å². The molecule has 0 amide bonds. The van der Waals surface area contributed by atoms with Crippen LogP contribution in [-0.2, 0) is 0 Å². The highest BCUT2D eigenvalue weighted by Crippen LogP contribution is 2.28. The van der Waals surface area contributed by atoms with Crippen LogP contribution in [0.1, 0.15) is 37.8 Å². The fraction of sp³-hybridized carbons (Fsp3) is 0.421. The number of benzene rings is 1. The number of fused-ring (bicyclic) bond motifs is 1. The highest BCUT2D eigenvalue weighted by molar-refractivity contribution is 6.09. The van der Waals surface area contributed by atoms with Crippen molar-refractivity contribution in [3.8, 4) is 0 Å². The second-order valence-corrected chi connectivity index (χ2v) is 6.40. The molecule has 0 atom stereocenters. The molecule has 5 heteroatoms. The minimum Gasteiger partial charge on any atom is -0.404 e. The summed E-state index contributed by atoms with van der Waals surface area (Å²) in [5.41, 5.74) is 14.8. The number of rotatable bonds is 5. The standard InChI is InChI=1S/C19H25N5/c20-10-9-14-5-7-16(8-6-14)22-12-15(11-21)19-13-23-17-3-1-2-4-18(17)24-19/h1-4,11-14,16H,5-10,20-21H2. The lowest BCUT2D eigenvalue weighted by Gasteiger charge is -2.25. The fourth-order valence-electron chi connectivity index (χ4n) is 3.29. The molecular weight excluding hydrogens is 298 g/mol. The number of nitrogens with two attached hydrogens (primary N) is 2. The summed E-state index contributed by atoms with van der Waals surface area (Å²) in [6.45, 7) is 0.791. The van der Waals surface area contributed by atoms with E-state index in [2.05, 4.69) is 9.97 Å². The van der Waals surface area contributed by atoms with Gasteiger partial charge in [-0.05, 0) is 56.7 Å². The second-order valence-electron chi connectivity index (χ2n) is 6.40. The maximum atomic E-state index is 5.79. The molecule has 0 aliphatic heterocycles. The Morgan fingerprint density at radius 2 is 1.92 bits per heavy atom. The molecule has 1 saturated carbocycles. The van der Waals surface area contributed by atoms with Crippen molar-refractivity contribution in [1.82, 2.24) is 9.97 Å². The van der Waals surface area contributed by atoms with E-state index in [-0.39, 0.29) is 0 Å². The molecule has 24 heavy (non-hydrogen) atoms. The first-order valence-corrected chi connectivity index (χ1v) is 8.67. The molecule has 1 fully saturated rings. The SMILES string of the molecule is NC=C(C=NC1CCC(CCN)CC1)c1cnc2ccccc2n1. The fourth-order valence-corrected chi connectivity index (χ4v) is 3.29. The van der Waals surface area contributed by atoms with Crippen molar-refractivity contribution in [2.75, 3.05) is 6.54 Å². The van der Waals surface area contributed by atoms with Crippen LogP contribution in [0, 0.1) is 5.92 Å². The minimum absolute atomic E-state index is 0.377. The van der Waals surface area contributed by atoms with E-state index < -0.39 is 0 Å². The molecule has 0 radical (unpaired) electrons.